The van der Waals surface area contributed by atoms with Crippen molar-refractivity contribution in [2.24, 2.45) is 0 Å². The van der Waals surface area contributed by atoms with Gasteiger partial charge in [0.05, 0.1) is 12.9 Å². The van der Waals surface area contributed by atoms with Crippen molar-refractivity contribution in [2.45, 2.75) is 32.4 Å². The predicted octanol–water partition coefficient (Wildman–Crippen LogP) is 4.51. The second-order valence-electron chi connectivity index (χ2n) is 6.18. The summed E-state index contributed by atoms with van der Waals surface area (Å²) in [6.45, 7) is 2.73. The van der Waals surface area contributed by atoms with Crippen LogP contribution in [0.15, 0.2) is 61.2 Å². The highest BCUT2D eigenvalue weighted by molar-refractivity contribution is 6.30. The Morgan fingerprint density at radius 3 is 2.68 bits per heavy atom. The van der Waals surface area contributed by atoms with Crippen molar-refractivity contribution in [1.82, 2.24) is 9.55 Å². The van der Waals surface area contributed by atoms with Gasteiger partial charge in [0.15, 0.2) is 0 Å². The number of ether oxygens (including phenoxy) is 1. The molecule has 0 aliphatic carbocycles. The lowest BCUT2D eigenvalue weighted by Crippen LogP contribution is -2.23. The van der Waals surface area contributed by atoms with E-state index in [-0.39, 0.29) is 6.10 Å². The zero-order valence-electron chi connectivity index (χ0n) is 14.2. The Labute approximate surface area is 153 Å². The number of benzene rings is 2. The van der Waals surface area contributed by atoms with Crippen molar-refractivity contribution in [2.75, 3.05) is 5.73 Å². The van der Waals surface area contributed by atoms with E-state index in [1.807, 2.05) is 54.3 Å². The van der Waals surface area contributed by atoms with Gasteiger partial charge >= 0.3 is 0 Å². The standard InChI is InChI=1S/C20H22ClN3O/c1-15-12-18(8-9-20(15)22)25-19(13-24-11-10-23-14-24)7-4-16-2-5-17(21)6-3-16/h2-3,5-6,8-12,14,19H,4,7,13,22H2,1H3. The van der Waals surface area contributed by atoms with Gasteiger partial charge in [-0.1, -0.05) is 23.7 Å². The highest BCUT2D eigenvalue weighted by atomic mass is 35.5. The quantitative estimate of drug-likeness (QED) is 0.634. The lowest BCUT2D eigenvalue weighted by atomic mass is 10.1. The van der Waals surface area contributed by atoms with E-state index < -0.39 is 0 Å². The normalized spacial score (nSPS) is 12.1. The van der Waals surface area contributed by atoms with Crippen LogP contribution in [-0.2, 0) is 13.0 Å². The number of anilines is 1. The van der Waals surface area contributed by atoms with E-state index in [2.05, 4.69) is 17.1 Å². The number of nitrogens with zero attached hydrogens (tertiary/aromatic N) is 2. The first kappa shape index (κ1) is 17.4. The Balaban J connectivity index is 1.69. The SMILES string of the molecule is Cc1cc(OC(CCc2ccc(Cl)cc2)Cn2ccnc2)ccc1N. The van der Waals surface area contributed by atoms with Crippen LogP contribution in [0.2, 0.25) is 5.02 Å². The third kappa shape index (κ3) is 5.00. The van der Waals surface area contributed by atoms with Crippen LogP contribution in [0.5, 0.6) is 5.75 Å². The van der Waals surface area contributed by atoms with E-state index >= 15 is 0 Å². The summed E-state index contributed by atoms with van der Waals surface area (Å²) in [7, 11) is 0. The maximum Gasteiger partial charge on any atom is 0.120 e. The third-order valence-corrected chi connectivity index (χ3v) is 4.44. The molecule has 1 aromatic heterocycles. The number of hydrogen-bond acceptors (Lipinski definition) is 3. The zero-order valence-corrected chi connectivity index (χ0v) is 15.0. The first-order valence-electron chi connectivity index (χ1n) is 8.33. The van der Waals surface area contributed by atoms with Gasteiger partial charge in [0.2, 0.25) is 0 Å². The molecule has 0 saturated carbocycles. The van der Waals surface area contributed by atoms with Crippen LogP contribution in [-0.4, -0.2) is 15.7 Å². The maximum atomic E-state index is 6.24. The molecule has 4 nitrogen and oxygen atoms in total. The molecule has 0 fully saturated rings. The number of halogens is 1. The van der Waals surface area contributed by atoms with E-state index in [4.69, 9.17) is 22.1 Å². The number of nitrogens with two attached hydrogens (primary N) is 1. The fraction of sp³-hybridized carbons (Fsp3) is 0.250. The predicted molar refractivity (Wildman–Crippen MR) is 102 cm³/mol. The van der Waals surface area contributed by atoms with Crippen molar-refractivity contribution >= 4 is 17.3 Å². The Morgan fingerprint density at radius 1 is 1.20 bits per heavy atom. The molecule has 1 heterocycles. The Kier molecular flexibility index (Phi) is 5.61. The van der Waals surface area contributed by atoms with E-state index in [1.165, 1.54) is 5.56 Å². The van der Waals surface area contributed by atoms with Gasteiger partial charge in [0.25, 0.3) is 0 Å². The fourth-order valence-corrected chi connectivity index (χ4v) is 2.84. The van der Waals surface area contributed by atoms with Crippen LogP contribution < -0.4 is 10.5 Å². The first-order valence-corrected chi connectivity index (χ1v) is 8.71. The largest absolute Gasteiger partial charge is 0.489 e. The molecule has 0 saturated heterocycles. The molecule has 2 N–H and O–H groups in total. The molecular formula is C20H22ClN3O. The Hall–Kier alpha value is -2.46. The summed E-state index contributed by atoms with van der Waals surface area (Å²) in [5, 5.41) is 0.757. The first-order chi connectivity index (χ1) is 12.1. The molecule has 5 heteroatoms. The number of aromatic nitrogens is 2. The molecule has 130 valence electrons. The molecule has 2 aromatic carbocycles. The second-order valence-corrected chi connectivity index (χ2v) is 6.62. The van der Waals surface area contributed by atoms with Crippen molar-refractivity contribution in [1.29, 1.82) is 0 Å². The van der Waals surface area contributed by atoms with Gasteiger partial charge in [0, 0.05) is 23.1 Å². The van der Waals surface area contributed by atoms with Gasteiger partial charge < -0.3 is 15.0 Å². The van der Waals surface area contributed by atoms with Crippen LogP contribution in [0, 0.1) is 6.92 Å². The summed E-state index contributed by atoms with van der Waals surface area (Å²) >= 11 is 5.96. The van der Waals surface area contributed by atoms with E-state index in [0.717, 1.165) is 41.4 Å². The minimum Gasteiger partial charge on any atom is -0.489 e. The van der Waals surface area contributed by atoms with Crippen molar-refractivity contribution in [3.8, 4) is 5.75 Å². The molecule has 3 rings (SSSR count). The average Bonchev–Trinajstić information content (AvgIpc) is 3.10. The zero-order chi connectivity index (χ0) is 17.6. The van der Waals surface area contributed by atoms with Gasteiger partial charge in [-0.05, 0) is 61.2 Å². The summed E-state index contributed by atoms with van der Waals surface area (Å²) in [5.74, 6) is 0.841. The van der Waals surface area contributed by atoms with Crippen molar-refractivity contribution in [3.63, 3.8) is 0 Å². The van der Waals surface area contributed by atoms with E-state index in [9.17, 15) is 0 Å². The Morgan fingerprint density at radius 2 is 2.00 bits per heavy atom. The summed E-state index contributed by atoms with van der Waals surface area (Å²) in [5.41, 5.74) is 8.95. The summed E-state index contributed by atoms with van der Waals surface area (Å²) in [6, 6.07) is 13.8. The maximum absolute atomic E-state index is 6.24. The number of nitrogen functional groups attached to an aromatic ring is 1. The molecule has 1 unspecified atom stereocenters. The third-order valence-electron chi connectivity index (χ3n) is 4.19. The molecule has 1 atom stereocenters. The summed E-state index contributed by atoms with van der Waals surface area (Å²) in [6.07, 6.45) is 7.39. The molecule has 0 radical (unpaired) electrons. The summed E-state index contributed by atoms with van der Waals surface area (Å²) < 4.78 is 8.28. The highest BCUT2D eigenvalue weighted by Gasteiger charge is 2.13. The van der Waals surface area contributed by atoms with Crippen molar-refractivity contribution < 1.29 is 4.74 Å². The van der Waals surface area contributed by atoms with Gasteiger partial charge in [-0.25, -0.2) is 4.98 Å². The number of hydrogen-bond donors (Lipinski definition) is 1. The van der Waals surface area contributed by atoms with Gasteiger partial charge in [-0.15, -0.1) is 0 Å². The molecule has 0 amide bonds. The molecule has 0 aliphatic heterocycles. The van der Waals surface area contributed by atoms with Gasteiger partial charge in [-0.2, -0.15) is 0 Å². The average molecular weight is 356 g/mol. The number of imidazole rings is 1. The van der Waals surface area contributed by atoms with Crippen LogP contribution in [0.3, 0.4) is 0 Å². The fourth-order valence-electron chi connectivity index (χ4n) is 2.71. The lowest BCUT2D eigenvalue weighted by molar-refractivity contribution is 0.170. The van der Waals surface area contributed by atoms with Crippen LogP contribution in [0.25, 0.3) is 0 Å². The molecule has 0 aliphatic rings. The van der Waals surface area contributed by atoms with Crippen LogP contribution in [0.4, 0.5) is 5.69 Å². The Bertz CT molecular complexity index is 800. The molecule has 0 spiro atoms. The molecular weight excluding hydrogens is 334 g/mol. The number of aryl methyl sites for hydroxylation is 2. The van der Waals surface area contributed by atoms with Gasteiger partial charge in [0.1, 0.15) is 11.9 Å². The monoisotopic (exact) mass is 355 g/mol. The topological polar surface area (TPSA) is 53.1 Å². The van der Waals surface area contributed by atoms with E-state index in [1.54, 1.807) is 6.20 Å². The molecule has 25 heavy (non-hydrogen) atoms. The minimum atomic E-state index is 0.0351. The summed E-state index contributed by atoms with van der Waals surface area (Å²) in [4.78, 5) is 4.11. The smallest absolute Gasteiger partial charge is 0.120 e. The van der Waals surface area contributed by atoms with Crippen molar-refractivity contribution in [3.05, 3.63) is 77.3 Å². The van der Waals surface area contributed by atoms with Crippen LogP contribution >= 0.6 is 11.6 Å². The van der Waals surface area contributed by atoms with Crippen LogP contribution in [0.1, 0.15) is 17.5 Å². The number of rotatable bonds is 7. The second kappa shape index (κ2) is 8.08. The van der Waals surface area contributed by atoms with E-state index in [0.29, 0.717) is 0 Å². The molecule has 3 aromatic rings. The lowest BCUT2D eigenvalue weighted by Gasteiger charge is -2.20. The minimum absolute atomic E-state index is 0.0351. The van der Waals surface area contributed by atoms with Gasteiger partial charge in [-0.3, -0.25) is 0 Å². The molecule has 0 bridgehead atoms. The highest BCUT2D eigenvalue weighted by Crippen LogP contribution is 2.22.